The number of carbonyl (C=O) groups excluding carboxylic acids is 1. The van der Waals surface area contributed by atoms with Crippen molar-refractivity contribution in [2.24, 2.45) is 11.7 Å². The number of aromatic nitrogens is 3. The fourth-order valence-electron chi connectivity index (χ4n) is 6.93. The summed E-state index contributed by atoms with van der Waals surface area (Å²) in [7, 11) is 7.11. The highest BCUT2D eigenvalue weighted by atomic mass is 31.0. The summed E-state index contributed by atoms with van der Waals surface area (Å²) in [6.07, 6.45) is 8.44. The van der Waals surface area contributed by atoms with Gasteiger partial charge in [0.05, 0.1) is 34.3 Å². The standard InChI is InChI=1S/C32H36N5OP/c1-18-11-12-32(18,33)30-28(39)14-22(16-34-30)20-9-10-24-25(13-20)37-26(15-27(36(2)3)31(37)35-24)29-21(17-38)5-4-6-23(29)19-7-8-19/h4-6,9-10,13-14,16-19,26-27H,7-8,11-12,15,33,39H2,1-3H3. The molecule has 2 saturated carbocycles. The van der Waals surface area contributed by atoms with Crippen molar-refractivity contribution < 1.29 is 4.79 Å². The van der Waals surface area contributed by atoms with Crippen molar-refractivity contribution in [3.05, 3.63) is 76.9 Å². The minimum absolute atomic E-state index is 0.0691. The Morgan fingerprint density at radius 3 is 2.59 bits per heavy atom. The third kappa shape index (κ3) is 3.83. The summed E-state index contributed by atoms with van der Waals surface area (Å²) in [4.78, 5) is 24.6. The Morgan fingerprint density at radius 2 is 1.95 bits per heavy atom. The Balaban J connectivity index is 1.37. The number of aldehydes is 1. The van der Waals surface area contributed by atoms with Gasteiger partial charge in [0.2, 0.25) is 0 Å². The van der Waals surface area contributed by atoms with Crippen LogP contribution in [0.15, 0.2) is 48.7 Å². The van der Waals surface area contributed by atoms with E-state index >= 15 is 0 Å². The second-order valence-electron chi connectivity index (χ2n) is 12.2. The number of imidazole rings is 1. The van der Waals surface area contributed by atoms with Crippen LogP contribution in [0.3, 0.4) is 0 Å². The highest BCUT2D eigenvalue weighted by molar-refractivity contribution is 7.27. The molecule has 0 amide bonds. The summed E-state index contributed by atoms with van der Waals surface area (Å²) < 4.78 is 2.41. The van der Waals surface area contributed by atoms with Crippen LogP contribution >= 0.6 is 9.24 Å². The number of pyridine rings is 1. The molecule has 2 aromatic heterocycles. The number of nitrogens with zero attached hydrogens (tertiary/aromatic N) is 4. The lowest BCUT2D eigenvalue weighted by atomic mass is 9.66. The molecule has 3 aliphatic rings. The molecule has 39 heavy (non-hydrogen) atoms. The van der Waals surface area contributed by atoms with Crippen molar-refractivity contribution in [3.63, 3.8) is 0 Å². The van der Waals surface area contributed by atoms with E-state index in [1.165, 1.54) is 24.0 Å². The number of rotatable bonds is 6. The van der Waals surface area contributed by atoms with Gasteiger partial charge >= 0.3 is 0 Å². The molecule has 6 nitrogen and oxygen atoms in total. The zero-order chi connectivity index (χ0) is 27.1. The summed E-state index contributed by atoms with van der Waals surface area (Å²) in [6.45, 7) is 2.21. The van der Waals surface area contributed by atoms with Crippen LogP contribution in [-0.4, -0.2) is 39.8 Å². The summed E-state index contributed by atoms with van der Waals surface area (Å²) in [6, 6.07) is 15.2. The van der Waals surface area contributed by atoms with Gasteiger partial charge in [-0.2, -0.15) is 0 Å². The summed E-state index contributed by atoms with van der Waals surface area (Å²) >= 11 is 0. The van der Waals surface area contributed by atoms with E-state index in [1.54, 1.807) is 0 Å². The molecule has 0 spiro atoms. The fraction of sp³-hybridized carbons (Fsp3) is 0.406. The predicted molar refractivity (Wildman–Crippen MR) is 160 cm³/mol. The molecule has 1 aliphatic heterocycles. The number of carbonyl (C=O) groups is 1. The zero-order valence-electron chi connectivity index (χ0n) is 22.9. The smallest absolute Gasteiger partial charge is 0.150 e. The molecule has 7 heteroatoms. The lowest BCUT2D eigenvalue weighted by molar-refractivity contribution is 0.112. The van der Waals surface area contributed by atoms with E-state index in [4.69, 9.17) is 15.7 Å². The zero-order valence-corrected chi connectivity index (χ0v) is 24.0. The molecule has 2 aromatic carbocycles. The van der Waals surface area contributed by atoms with E-state index in [-0.39, 0.29) is 17.6 Å². The Hall–Kier alpha value is -2.92. The number of nitrogens with two attached hydrogens (primary N) is 1. The van der Waals surface area contributed by atoms with Crippen LogP contribution < -0.4 is 11.0 Å². The van der Waals surface area contributed by atoms with Gasteiger partial charge in [0, 0.05) is 17.3 Å². The Morgan fingerprint density at radius 1 is 1.13 bits per heavy atom. The van der Waals surface area contributed by atoms with Gasteiger partial charge in [-0.1, -0.05) is 31.2 Å². The summed E-state index contributed by atoms with van der Waals surface area (Å²) in [5, 5.41) is 1.07. The van der Waals surface area contributed by atoms with E-state index in [9.17, 15) is 4.79 Å². The quantitative estimate of drug-likeness (QED) is 0.261. The fourth-order valence-corrected chi connectivity index (χ4v) is 7.45. The normalized spacial score (nSPS) is 26.2. The van der Waals surface area contributed by atoms with Crippen molar-refractivity contribution >= 4 is 31.9 Å². The van der Waals surface area contributed by atoms with Gasteiger partial charge in [-0.25, -0.2) is 4.98 Å². The minimum Gasteiger partial charge on any atom is -0.320 e. The maximum atomic E-state index is 12.3. The highest BCUT2D eigenvalue weighted by Gasteiger charge is 2.44. The van der Waals surface area contributed by atoms with Crippen LogP contribution in [0, 0.1) is 5.92 Å². The molecule has 3 heterocycles. The first-order valence-corrected chi connectivity index (χ1v) is 14.7. The molecule has 5 atom stereocenters. The van der Waals surface area contributed by atoms with Crippen LogP contribution in [0.25, 0.3) is 22.2 Å². The molecule has 7 rings (SSSR count). The number of benzene rings is 2. The number of hydrogen-bond acceptors (Lipinski definition) is 5. The van der Waals surface area contributed by atoms with E-state index in [0.29, 0.717) is 11.8 Å². The van der Waals surface area contributed by atoms with Crippen LogP contribution in [0.1, 0.15) is 90.0 Å². The minimum atomic E-state index is -0.328. The largest absolute Gasteiger partial charge is 0.320 e. The number of fused-ring (bicyclic) bond motifs is 3. The van der Waals surface area contributed by atoms with Gasteiger partial charge in [0.15, 0.2) is 0 Å². The maximum absolute atomic E-state index is 12.3. The molecule has 2 aliphatic carbocycles. The van der Waals surface area contributed by atoms with E-state index in [1.807, 2.05) is 18.3 Å². The first-order chi connectivity index (χ1) is 18.8. The van der Waals surface area contributed by atoms with Crippen molar-refractivity contribution in [3.8, 4) is 11.1 Å². The monoisotopic (exact) mass is 537 g/mol. The molecule has 2 N–H and O–H groups in total. The van der Waals surface area contributed by atoms with Gasteiger partial charge in [-0.15, -0.1) is 9.24 Å². The van der Waals surface area contributed by atoms with Gasteiger partial charge < -0.3 is 10.3 Å². The van der Waals surface area contributed by atoms with E-state index in [0.717, 1.165) is 70.1 Å². The predicted octanol–water partition coefficient (Wildman–Crippen LogP) is 5.47. The van der Waals surface area contributed by atoms with Crippen LogP contribution in [0.2, 0.25) is 0 Å². The van der Waals surface area contributed by atoms with Gasteiger partial charge in [0.1, 0.15) is 12.1 Å². The molecular formula is C32H36N5OP. The van der Waals surface area contributed by atoms with Gasteiger partial charge in [-0.05, 0) is 98.2 Å². The molecule has 4 aromatic rings. The maximum Gasteiger partial charge on any atom is 0.150 e. The average Bonchev–Trinajstić information content (AvgIpc) is 3.62. The van der Waals surface area contributed by atoms with Crippen molar-refractivity contribution in [1.29, 1.82) is 0 Å². The first-order valence-electron chi connectivity index (χ1n) is 14.1. The van der Waals surface area contributed by atoms with E-state index in [2.05, 4.69) is 70.1 Å². The second kappa shape index (κ2) is 9.05. The van der Waals surface area contributed by atoms with Crippen LogP contribution in [0.4, 0.5) is 0 Å². The van der Waals surface area contributed by atoms with Gasteiger partial charge in [-0.3, -0.25) is 14.7 Å². The Kier molecular flexibility index (Phi) is 5.82. The van der Waals surface area contributed by atoms with Crippen molar-refractivity contribution in [1.82, 2.24) is 19.4 Å². The topological polar surface area (TPSA) is 77.0 Å². The highest BCUT2D eigenvalue weighted by Crippen LogP contribution is 2.50. The third-order valence-electron chi connectivity index (χ3n) is 9.61. The number of hydrogen-bond donors (Lipinski definition) is 1. The SMILES string of the molecule is CC1CCC1(N)c1ncc(-c2ccc3nc4n(c3c2)C(c2c(C=O)cccc2C2CC2)CC4N(C)C)cc1P. The summed E-state index contributed by atoms with van der Waals surface area (Å²) in [5.74, 6) is 2.07. The van der Waals surface area contributed by atoms with Crippen molar-refractivity contribution in [2.75, 3.05) is 14.1 Å². The molecule has 2 fully saturated rings. The molecule has 0 saturated heterocycles. The lowest BCUT2D eigenvalue weighted by Gasteiger charge is -2.45. The van der Waals surface area contributed by atoms with Crippen LogP contribution in [-0.2, 0) is 5.54 Å². The average molecular weight is 538 g/mol. The Labute approximate surface area is 232 Å². The van der Waals surface area contributed by atoms with Gasteiger partial charge in [0.25, 0.3) is 0 Å². The summed E-state index contributed by atoms with van der Waals surface area (Å²) in [5.41, 5.74) is 15.0. The third-order valence-corrected chi connectivity index (χ3v) is 10.0. The Bertz CT molecular complexity index is 1620. The molecule has 200 valence electrons. The molecular weight excluding hydrogens is 501 g/mol. The lowest BCUT2D eigenvalue weighted by Crippen LogP contribution is -2.53. The first kappa shape index (κ1) is 25.1. The van der Waals surface area contributed by atoms with Crippen molar-refractivity contribution in [2.45, 2.75) is 62.6 Å². The second-order valence-corrected chi connectivity index (χ2v) is 12.8. The molecule has 0 bridgehead atoms. The van der Waals surface area contributed by atoms with E-state index < -0.39 is 0 Å². The molecule has 0 radical (unpaired) electrons. The molecule has 5 unspecified atom stereocenters. The van der Waals surface area contributed by atoms with Crippen LogP contribution in [0.5, 0.6) is 0 Å².